The highest BCUT2D eigenvalue weighted by molar-refractivity contribution is 6.30. The summed E-state index contributed by atoms with van der Waals surface area (Å²) in [6.45, 7) is 3.23. The van der Waals surface area contributed by atoms with Gasteiger partial charge < -0.3 is 10.0 Å². The third-order valence-corrected chi connectivity index (χ3v) is 4.09. The van der Waals surface area contributed by atoms with E-state index in [2.05, 4.69) is 36.1 Å². The van der Waals surface area contributed by atoms with Gasteiger partial charge >= 0.3 is 0 Å². The lowest BCUT2D eigenvalue weighted by Crippen LogP contribution is -2.31. The van der Waals surface area contributed by atoms with E-state index in [1.807, 2.05) is 18.2 Å². The molecule has 1 heterocycles. The number of aliphatic hydroxyl groups is 1. The molecule has 0 amide bonds. The van der Waals surface area contributed by atoms with Crippen LogP contribution in [0.5, 0.6) is 0 Å². The first-order valence-electron chi connectivity index (χ1n) is 6.93. The van der Waals surface area contributed by atoms with Crippen LogP contribution in [-0.2, 0) is 13.0 Å². The summed E-state index contributed by atoms with van der Waals surface area (Å²) in [7, 11) is 0. The number of halogens is 1. The summed E-state index contributed by atoms with van der Waals surface area (Å²) in [6.07, 6.45) is 1.10. The van der Waals surface area contributed by atoms with Gasteiger partial charge in [-0.2, -0.15) is 0 Å². The fourth-order valence-electron chi connectivity index (χ4n) is 2.95. The summed E-state index contributed by atoms with van der Waals surface area (Å²) in [4.78, 5) is 2.28. The van der Waals surface area contributed by atoms with Crippen molar-refractivity contribution in [2.24, 2.45) is 5.92 Å². The van der Waals surface area contributed by atoms with E-state index in [0.29, 0.717) is 10.9 Å². The fraction of sp³-hybridized carbons (Fsp3) is 0.294. The fourth-order valence-corrected chi connectivity index (χ4v) is 3.11. The van der Waals surface area contributed by atoms with Crippen LogP contribution in [0.4, 0.5) is 11.4 Å². The molecule has 2 aromatic carbocycles. The SMILES string of the molecule is CC1Cc2ccccc2N(c2cc(Cl)ccc2CO)C1. The van der Waals surface area contributed by atoms with E-state index in [1.165, 1.54) is 11.3 Å². The lowest BCUT2D eigenvalue weighted by Gasteiger charge is -2.36. The monoisotopic (exact) mass is 287 g/mol. The van der Waals surface area contributed by atoms with Gasteiger partial charge in [0, 0.05) is 28.5 Å². The molecule has 1 atom stereocenters. The van der Waals surface area contributed by atoms with E-state index in [4.69, 9.17) is 11.6 Å². The van der Waals surface area contributed by atoms with E-state index in [-0.39, 0.29) is 6.61 Å². The largest absolute Gasteiger partial charge is 0.392 e. The number of rotatable bonds is 2. The molecule has 0 bridgehead atoms. The predicted octanol–water partition coefficient (Wildman–Crippen LogP) is 4.16. The standard InChI is InChI=1S/C17H18ClNO/c1-12-8-13-4-2-3-5-16(13)19(10-12)17-9-15(18)7-6-14(17)11-20/h2-7,9,12,20H,8,10-11H2,1H3. The Hall–Kier alpha value is -1.51. The number of para-hydroxylation sites is 1. The third kappa shape index (κ3) is 2.41. The van der Waals surface area contributed by atoms with Crippen molar-refractivity contribution in [1.29, 1.82) is 0 Å². The molecule has 20 heavy (non-hydrogen) atoms. The summed E-state index contributed by atoms with van der Waals surface area (Å²) in [5.41, 5.74) is 4.51. The summed E-state index contributed by atoms with van der Waals surface area (Å²) in [5.74, 6) is 0.579. The molecule has 0 spiro atoms. The van der Waals surface area contributed by atoms with Crippen LogP contribution in [0.15, 0.2) is 42.5 Å². The topological polar surface area (TPSA) is 23.5 Å². The van der Waals surface area contributed by atoms with Gasteiger partial charge in [0.1, 0.15) is 0 Å². The molecule has 0 fully saturated rings. The van der Waals surface area contributed by atoms with Crippen molar-refractivity contribution >= 4 is 23.0 Å². The minimum Gasteiger partial charge on any atom is -0.392 e. The Morgan fingerprint density at radius 2 is 2.00 bits per heavy atom. The number of aliphatic hydroxyl groups excluding tert-OH is 1. The van der Waals surface area contributed by atoms with Gasteiger partial charge in [0.15, 0.2) is 0 Å². The van der Waals surface area contributed by atoms with Crippen molar-refractivity contribution in [2.75, 3.05) is 11.4 Å². The molecule has 0 saturated heterocycles. The van der Waals surface area contributed by atoms with Crippen molar-refractivity contribution in [3.63, 3.8) is 0 Å². The van der Waals surface area contributed by atoms with Gasteiger partial charge in [-0.1, -0.05) is 42.8 Å². The average molecular weight is 288 g/mol. The maximum Gasteiger partial charge on any atom is 0.0702 e. The Bertz CT molecular complexity index is 626. The Balaban J connectivity index is 2.13. The van der Waals surface area contributed by atoms with E-state index in [1.54, 1.807) is 0 Å². The second kappa shape index (κ2) is 5.47. The molecule has 3 heteroatoms. The maximum absolute atomic E-state index is 9.58. The first-order valence-corrected chi connectivity index (χ1v) is 7.31. The van der Waals surface area contributed by atoms with Gasteiger partial charge in [-0.15, -0.1) is 0 Å². The van der Waals surface area contributed by atoms with Crippen LogP contribution in [0, 0.1) is 5.92 Å². The molecule has 1 aliphatic rings. The first kappa shape index (κ1) is 13.5. The molecule has 0 saturated carbocycles. The summed E-state index contributed by atoms with van der Waals surface area (Å²) in [6, 6.07) is 14.1. The van der Waals surface area contributed by atoms with Crippen LogP contribution < -0.4 is 4.90 Å². The Labute approximate surface area is 124 Å². The minimum absolute atomic E-state index is 0.0273. The number of anilines is 2. The number of fused-ring (bicyclic) bond motifs is 1. The van der Waals surface area contributed by atoms with Crippen LogP contribution >= 0.6 is 11.6 Å². The van der Waals surface area contributed by atoms with E-state index >= 15 is 0 Å². The van der Waals surface area contributed by atoms with E-state index in [9.17, 15) is 5.11 Å². The highest BCUT2D eigenvalue weighted by atomic mass is 35.5. The second-order valence-corrected chi connectivity index (χ2v) is 5.92. The zero-order chi connectivity index (χ0) is 14.1. The van der Waals surface area contributed by atoms with Gasteiger partial charge in [-0.05, 0) is 36.1 Å². The maximum atomic E-state index is 9.58. The lowest BCUT2D eigenvalue weighted by atomic mass is 9.93. The second-order valence-electron chi connectivity index (χ2n) is 5.48. The van der Waals surface area contributed by atoms with Crippen LogP contribution in [0.3, 0.4) is 0 Å². The smallest absolute Gasteiger partial charge is 0.0702 e. The minimum atomic E-state index is 0.0273. The molecule has 104 valence electrons. The third-order valence-electron chi connectivity index (χ3n) is 3.85. The summed E-state index contributed by atoms with van der Waals surface area (Å²) < 4.78 is 0. The molecule has 1 aliphatic heterocycles. The number of benzene rings is 2. The van der Waals surface area contributed by atoms with Gasteiger partial charge in [0.2, 0.25) is 0 Å². The molecule has 1 N–H and O–H groups in total. The van der Waals surface area contributed by atoms with Crippen LogP contribution in [-0.4, -0.2) is 11.7 Å². The van der Waals surface area contributed by atoms with Crippen molar-refractivity contribution < 1.29 is 5.11 Å². The molecule has 3 rings (SSSR count). The van der Waals surface area contributed by atoms with Gasteiger partial charge in [-0.25, -0.2) is 0 Å². The van der Waals surface area contributed by atoms with Crippen molar-refractivity contribution in [2.45, 2.75) is 20.0 Å². The molecule has 2 aromatic rings. The number of hydrogen-bond donors (Lipinski definition) is 1. The highest BCUT2D eigenvalue weighted by Crippen LogP contribution is 2.37. The lowest BCUT2D eigenvalue weighted by molar-refractivity contribution is 0.282. The average Bonchev–Trinajstić information content (AvgIpc) is 2.46. The zero-order valence-corrected chi connectivity index (χ0v) is 12.3. The van der Waals surface area contributed by atoms with Crippen LogP contribution in [0.1, 0.15) is 18.1 Å². The Kier molecular flexibility index (Phi) is 3.68. The van der Waals surface area contributed by atoms with Gasteiger partial charge in [0.25, 0.3) is 0 Å². The first-order chi connectivity index (χ1) is 9.69. The molecule has 1 unspecified atom stereocenters. The molecule has 2 nitrogen and oxygen atoms in total. The molecule has 0 aromatic heterocycles. The highest BCUT2D eigenvalue weighted by Gasteiger charge is 2.24. The number of nitrogens with zero attached hydrogens (tertiary/aromatic N) is 1. The van der Waals surface area contributed by atoms with Crippen molar-refractivity contribution in [1.82, 2.24) is 0 Å². The van der Waals surface area contributed by atoms with Gasteiger partial charge in [-0.3, -0.25) is 0 Å². The normalized spacial score (nSPS) is 17.9. The number of hydrogen-bond acceptors (Lipinski definition) is 2. The van der Waals surface area contributed by atoms with E-state index < -0.39 is 0 Å². The summed E-state index contributed by atoms with van der Waals surface area (Å²) in [5, 5.41) is 10.3. The molecule has 0 radical (unpaired) electrons. The van der Waals surface area contributed by atoms with E-state index in [0.717, 1.165) is 24.2 Å². The van der Waals surface area contributed by atoms with Gasteiger partial charge in [0.05, 0.1) is 6.61 Å². The van der Waals surface area contributed by atoms with Crippen LogP contribution in [0.2, 0.25) is 5.02 Å². The van der Waals surface area contributed by atoms with Crippen molar-refractivity contribution in [3.8, 4) is 0 Å². The predicted molar refractivity (Wildman–Crippen MR) is 83.7 cm³/mol. The Morgan fingerprint density at radius 3 is 2.80 bits per heavy atom. The summed E-state index contributed by atoms with van der Waals surface area (Å²) >= 11 is 6.15. The molecular formula is C17H18ClNO. The Morgan fingerprint density at radius 1 is 1.20 bits per heavy atom. The molecule has 0 aliphatic carbocycles. The molecular weight excluding hydrogens is 270 g/mol. The van der Waals surface area contributed by atoms with Crippen LogP contribution in [0.25, 0.3) is 0 Å². The van der Waals surface area contributed by atoms with Crippen molar-refractivity contribution in [3.05, 3.63) is 58.6 Å². The zero-order valence-electron chi connectivity index (χ0n) is 11.5. The quantitative estimate of drug-likeness (QED) is 0.896.